The van der Waals surface area contributed by atoms with Crippen molar-refractivity contribution >= 4 is 6.21 Å². The second kappa shape index (κ2) is 3.91. The smallest absolute Gasteiger partial charge is 0.0296 e. The Morgan fingerprint density at radius 1 is 1.38 bits per heavy atom. The van der Waals surface area contributed by atoms with E-state index >= 15 is 0 Å². The van der Waals surface area contributed by atoms with Gasteiger partial charge >= 0.3 is 0 Å². The van der Waals surface area contributed by atoms with Crippen LogP contribution in [0, 0.1) is 11.3 Å². The summed E-state index contributed by atoms with van der Waals surface area (Å²) < 4.78 is 0. The maximum Gasteiger partial charge on any atom is 0.0296 e. The number of hydrogen-bond donors (Lipinski definition) is 0. The van der Waals surface area contributed by atoms with Crippen molar-refractivity contribution in [2.45, 2.75) is 34.1 Å². The molecule has 13 heavy (non-hydrogen) atoms. The van der Waals surface area contributed by atoms with Crippen LogP contribution in [0.4, 0.5) is 0 Å². The first kappa shape index (κ1) is 10.2. The van der Waals surface area contributed by atoms with Crippen LogP contribution in [0.1, 0.15) is 34.1 Å². The minimum absolute atomic E-state index is 0.346. The fourth-order valence-corrected chi connectivity index (χ4v) is 1.36. The highest BCUT2D eigenvalue weighted by atomic mass is 14.7. The van der Waals surface area contributed by atoms with Gasteiger partial charge in [0, 0.05) is 18.3 Å². The summed E-state index contributed by atoms with van der Waals surface area (Å²) in [6.07, 6.45) is 9.45. The van der Waals surface area contributed by atoms with E-state index in [0.29, 0.717) is 11.3 Å². The van der Waals surface area contributed by atoms with E-state index in [4.69, 9.17) is 0 Å². The molecule has 0 saturated heterocycles. The fraction of sp³-hybridized carbons (Fsp3) is 0.583. The van der Waals surface area contributed by atoms with Gasteiger partial charge in [0.15, 0.2) is 0 Å². The van der Waals surface area contributed by atoms with E-state index in [1.807, 2.05) is 12.4 Å². The van der Waals surface area contributed by atoms with Gasteiger partial charge < -0.3 is 0 Å². The van der Waals surface area contributed by atoms with Crippen LogP contribution in [0.5, 0.6) is 0 Å². The van der Waals surface area contributed by atoms with Crippen LogP contribution < -0.4 is 0 Å². The summed E-state index contributed by atoms with van der Waals surface area (Å²) >= 11 is 0. The van der Waals surface area contributed by atoms with Crippen molar-refractivity contribution in [3.63, 3.8) is 0 Å². The first-order valence-electron chi connectivity index (χ1n) is 4.88. The lowest BCUT2D eigenvalue weighted by Gasteiger charge is -2.17. The Balaban J connectivity index is 2.67. The number of aliphatic imine (C=N–C) groups is 1. The van der Waals surface area contributed by atoms with Gasteiger partial charge in [-0.05, 0) is 17.4 Å². The van der Waals surface area contributed by atoms with Crippen molar-refractivity contribution in [3.8, 4) is 0 Å². The molecule has 0 aromatic carbocycles. The molecule has 1 aliphatic heterocycles. The molecule has 0 fully saturated rings. The second-order valence-electron chi connectivity index (χ2n) is 4.96. The number of allylic oxidation sites excluding steroid dienone is 3. The van der Waals surface area contributed by atoms with Crippen LogP contribution in [0.3, 0.4) is 0 Å². The van der Waals surface area contributed by atoms with Gasteiger partial charge in [0.05, 0.1) is 0 Å². The molecule has 72 valence electrons. The molecule has 0 bridgehead atoms. The molecule has 1 rings (SSSR count). The molecule has 1 heteroatoms. The van der Waals surface area contributed by atoms with Crippen molar-refractivity contribution in [1.29, 1.82) is 0 Å². The average Bonchev–Trinajstić information content (AvgIpc) is 2.12. The summed E-state index contributed by atoms with van der Waals surface area (Å²) in [5.41, 5.74) is 1.67. The van der Waals surface area contributed by atoms with Gasteiger partial charge in [-0.3, -0.25) is 4.99 Å². The summed E-state index contributed by atoms with van der Waals surface area (Å²) in [6.45, 7) is 8.90. The lowest BCUT2D eigenvalue weighted by atomic mass is 9.88. The lowest BCUT2D eigenvalue weighted by molar-refractivity contribution is 0.413. The van der Waals surface area contributed by atoms with Crippen LogP contribution in [0.15, 0.2) is 28.9 Å². The minimum atomic E-state index is 0.346. The zero-order chi connectivity index (χ0) is 9.90. The van der Waals surface area contributed by atoms with E-state index in [-0.39, 0.29) is 0 Å². The van der Waals surface area contributed by atoms with E-state index in [2.05, 4.69) is 44.8 Å². The van der Waals surface area contributed by atoms with Crippen LogP contribution in [0.25, 0.3) is 0 Å². The SMILES string of the molecule is CC1C=CC(CC(C)(C)C)=CN=C1. The summed E-state index contributed by atoms with van der Waals surface area (Å²) in [4.78, 5) is 4.27. The van der Waals surface area contributed by atoms with E-state index in [9.17, 15) is 0 Å². The molecule has 0 amide bonds. The van der Waals surface area contributed by atoms with Crippen molar-refractivity contribution < 1.29 is 0 Å². The van der Waals surface area contributed by atoms with Gasteiger partial charge in [0.25, 0.3) is 0 Å². The zero-order valence-corrected chi connectivity index (χ0v) is 9.04. The van der Waals surface area contributed by atoms with Gasteiger partial charge in [-0.1, -0.05) is 39.8 Å². The van der Waals surface area contributed by atoms with E-state index in [1.54, 1.807) is 0 Å². The molecule has 0 aromatic heterocycles. The molecule has 0 aromatic rings. The standard InChI is InChI=1S/C12H19N/c1-10-5-6-11(9-13-8-10)7-12(2,3)4/h5-6,8-10H,7H2,1-4H3. The fourth-order valence-electron chi connectivity index (χ4n) is 1.36. The van der Waals surface area contributed by atoms with Crippen molar-refractivity contribution in [2.75, 3.05) is 0 Å². The Labute approximate surface area is 81.3 Å². The first-order valence-corrected chi connectivity index (χ1v) is 4.88. The summed E-state index contributed by atoms with van der Waals surface area (Å²) in [6, 6.07) is 0. The Morgan fingerprint density at radius 3 is 2.69 bits per heavy atom. The van der Waals surface area contributed by atoms with Gasteiger partial charge in [0.1, 0.15) is 0 Å². The molecule has 1 atom stereocenters. The van der Waals surface area contributed by atoms with Gasteiger partial charge in [-0.2, -0.15) is 0 Å². The van der Waals surface area contributed by atoms with E-state index in [0.717, 1.165) is 6.42 Å². The predicted octanol–water partition coefficient (Wildman–Crippen LogP) is 3.58. The molecule has 0 N–H and O–H groups in total. The molecule has 1 nitrogen and oxygen atoms in total. The van der Waals surface area contributed by atoms with Crippen molar-refractivity contribution in [2.24, 2.45) is 16.3 Å². The van der Waals surface area contributed by atoms with Gasteiger partial charge in [-0.25, -0.2) is 0 Å². The Bertz CT molecular complexity index is 251. The minimum Gasteiger partial charge on any atom is -0.268 e. The summed E-state index contributed by atoms with van der Waals surface area (Å²) in [7, 11) is 0. The third-order valence-electron chi connectivity index (χ3n) is 1.91. The summed E-state index contributed by atoms with van der Waals surface area (Å²) in [5, 5.41) is 0. The quantitative estimate of drug-likeness (QED) is 0.580. The topological polar surface area (TPSA) is 12.4 Å². The number of rotatable bonds is 1. The van der Waals surface area contributed by atoms with Gasteiger partial charge in [-0.15, -0.1) is 0 Å². The third kappa shape index (κ3) is 4.07. The molecule has 0 saturated carbocycles. The average molecular weight is 177 g/mol. The molecule has 0 aliphatic carbocycles. The highest BCUT2D eigenvalue weighted by molar-refractivity contribution is 5.64. The van der Waals surface area contributed by atoms with Crippen molar-refractivity contribution in [3.05, 3.63) is 23.9 Å². The van der Waals surface area contributed by atoms with Crippen molar-refractivity contribution in [1.82, 2.24) is 0 Å². The largest absolute Gasteiger partial charge is 0.268 e. The molecule has 1 heterocycles. The number of hydrogen-bond acceptors (Lipinski definition) is 1. The Hall–Kier alpha value is -0.850. The van der Waals surface area contributed by atoms with E-state index < -0.39 is 0 Å². The normalized spacial score (nSPS) is 22.8. The second-order valence-corrected chi connectivity index (χ2v) is 4.96. The highest BCUT2D eigenvalue weighted by Crippen LogP contribution is 2.25. The van der Waals surface area contributed by atoms with Gasteiger partial charge in [0.2, 0.25) is 0 Å². The Kier molecular flexibility index (Phi) is 3.07. The highest BCUT2D eigenvalue weighted by Gasteiger charge is 2.12. The van der Waals surface area contributed by atoms with Crippen LogP contribution >= 0.6 is 0 Å². The maximum absolute atomic E-state index is 4.27. The molecule has 0 radical (unpaired) electrons. The van der Waals surface area contributed by atoms with E-state index in [1.165, 1.54) is 5.57 Å². The zero-order valence-electron chi connectivity index (χ0n) is 9.04. The molecule has 1 unspecified atom stereocenters. The third-order valence-corrected chi connectivity index (χ3v) is 1.91. The number of nitrogens with zero attached hydrogens (tertiary/aromatic N) is 1. The van der Waals surface area contributed by atoms with Crippen LogP contribution in [-0.2, 0) is 0 Å². The molecule has 1 aliphatic rings. The first-order chi connectivity index (χ1) is 5.97. The molecule has 0 spiro atoms. The lowest BCUT2D eigenvalue weighted by Crippen LogP contribution is -2.05. The monoisotopic (exact) mass is 177 g/mol. The Morgan fingerprint density at radius 2 is 2.08 bits per heavy atom. The van der Waals surface area contributed by atoms with Crippen LogP contribution in [0.2, 0.25) is 0 Å². The summed E-state index contributed by atoms with van der Waals surface area (Å²) in [5.74, 6) is 0.466. The van der Waals surface area contributed by atoms with Crippen LogP contribution in [-0.4, -0.2) is 6.21 Å². The molecular formula is C12H19N. The maximum atomic E-state index is 4.27. The predicted molar refractivity (Wildman–Crippen MR) is 59.0 cm³/mol. The molecular weight excluding hydrogens is 158 g/mol.